The topological polar surface area (TPSA) is 84.5 Å². The number of rotatable bonds is 10. The summed E-state index contributed by atoms with van der Waals surface area (Å²) in [5.74, 6) is -0.702. The fourth-order valence-electron chi connectivity index (χ4n) is 8.87. The predicted octanol–water partition coefficient (Wildman–Crippen LogP) is 5.57. The lowest BCUT2D eigenvalue weighted by Gasteiger charge is -2.46. The van der Waals surface area contributed by atoms with Crippen molar-refractivity contribution in [3.63, 3.8) is 0 Å². The van der Waals surface area contributed by atoms with Gasteiger partial charge in [-0.2, -0.15) is 0 Å². The molecule has 270 valence electrons. The number of hydrogen-bond acceptors (Lipinski definition) is 7. The third-order valence-corrected chi connectivity index (χ3v) is 11.7. The van der Waals surface area contributed by atoms with Crippen molar-refractivity contribution >= 4 is 29.7 Å². The van der Waals surface area contributed by atoms with Crippen LogP contribution in [-0.2, 0) is 16.0 Å². The highest BCUT2D eigenvalue weighted by atomic mass is 19.2. The zero-order chi connectivity index (χ0) is 35.7. The van der Waals surface area contributed by atoms with Crippen LogP contribution in [0.25, 0.3) is 0 Å². The molecule has 10 heteroatoms. The molecule has 1 unspecified atom stereocenters. The standard InChI is InChI=1S/C40H54FN5O4/c1-26(2)19-32-21-34(28(4)20-27(32)3)30-11-17-44(18-12-30)33-13-15-43(16-14-33)22-29-23-45(24-29)35-8-6-7-31(25-47)38(35)40(50)42(5)36-9-10-37(48)46(41)39(36)49/h6-8,20-21,25-26,29-30,33,36H,9-19,22-24H2,1-5H3. The summed E-state index contributed by atoms with van der Waals surface area (Å²) in [4.78, 5) is 58.4. The SMILES string of the molecule is Cc1cc(C)c(C2CCN(C3CCN(CC4CN(c5cccc(C=O)c5C(=O)N(C)C5CCC(=O)N(F)C5=O)C4)CC3)CC2)cc1CC(C)C. The Balaban J connectivity index is 0.990. The van der Waals surface area contributed by atoms with E-state index in [1.54, 1.807) is 17.7 Å². The van der Waals surface area contributed by atoms with E-state index in [0.717, 1.165) is 39.1 Å². The van der Waals surface area contributed by atoms with E-state index in [2.05, 4.69) is 54.5 Å². The Hall–Kier alpha value is -3.63. The first kappa shape index (κ1) is 36.2. The van der Waals surface area contributed by atoms with E-state index in [-0.39, 0.29) is 24.0 Å². The average Bonchev–Trinajstić information content (AvgIpc) is 3.09. The number of anilines is 1. The molecular formula is C40H54FN5O4. The van der Waals surface area contributed by atoms with Gasteiger partial charge in [0, 0.05) is 50.6 Å². The van der Waals surface area contributed by atoms with Crippen LogP contribution in [0.15, 0.2) is 30.3 Å². The van der Waals surface area contributed by atoms with E-state index >= 15 is 0 Å². The van der Waals surface area contributed by atoms with Crippen molar-refractivity contribution in [2.75, 3.05) is 57.8 Å². The normalized spacial score (nSPS) is 21.9. The van der Waals surface area contributed by atoms with Gasteiger partial charge >= 0.3 is 0 Å². The van der Waals surface area contributed by atoms with Gasteiger partial charge in [0.25, 0.3) is 17.7 Å². The van der Waals surface area contributed by atoms with Crippen LogP contribution in [0.5, 0.6) is 0 Å². The number of likely N-dealkylation sites (tertiary alicyclic amines) is 2. The van der Waals surface area contributed by atoms with Crippen molar-refractivity contribution < 1.29 is 23.7 Å². The van der Waals surface area contributed by atoms with Gasteiger partial charge in [0.2, 0.25) is 0 Å². The van der Waals surface area contributed by atoms with Crippen LogP contribution < -0.4 is 4.90 Å². The van der Waals surface area contributed by atoms with E-state index in [4.69, 9.17) is 0 Å². The molecule has 4 fully saturated rings. The fraction of sp³-hybridized carbons (Fsp3) is 0.600. The molecule has 2 aromatic rings. The highest BCUT2D eigenvalue weighted by molar-refractivity contribution is 6.08. The highest BCUT2D eigenvalue weighted by Crippen LogP contribution is 2.36. The van der Waals surface area contributed by atoms with Gasteiger partial charge < -0.3 is 19.6 Å². The average molecular weight is 688 g/mol. The van der Waals surface area contributed by atoms with Crippen molar-refractivity contribution in [3.05, 3.63) is 63.7 Å². The Kier molecular flexibility index (Phi) is 11.1. The van der Waals surface area contributed by atoms with E-state index in [9.17, 15) is 23.7 Å². The number of benzene rings is 2. The van der Waals surface area contributed by atoms with Gasteiger partial charge in [-0.1, -0.05) is 42.6 Å². The molecular weight excluding hydrogens is 633 g/mol. The maximum atomic E-state index is 14.1. The minimum absolute atomic E-state index is 0.0477. The van der Waals surface area contributed by atoms with E-state index in [1.807, 2.05) is 6.07 Å². The zero-order valence-electron chi connectivity index (χ0n) is 30.5. The Morgan fingerprint density at radius 3 is 2.34 bits per heavy atom. The molecule has 4 aliphatic rings. The van der Waals surface area contributed by atoms with Crippen molar-refractivity contribution in [2.24, 2.45) is 11.8 Å². The second kappa shape index (κ2) is 15.3. The highest BCUT2D eigenvalue weighted by Gasteiger charge is 2.41. The Morgan fingerprint density at radius 2 is 1.68 bits per heavy atom. The summed E-state index contributed by atoms with van der Waals surface area (Å²) in [5, 5.41) is -0.397. The van der Waals surface area contributed by atoms with E-state index in [1.165, 1.54) is 67.4 Å². The molecule has 6 rings (SSSR count). The van der Waals surface area contributed by atoms with Crippen LogP contribution in [0.3, 0.4) is 0 Å². The van der Waals surface area contributed by atoms with E-state index in [0.29, 0.717) is 35.8 Å². The van der Waals surface area contributed by atoms with Crippen LogP contribution >= 0.6 is 0 Å². The number of hydrogen-bond donors (Lipinski definition) is 0. The van der Waals surface area contributed by atoms with Crippen molar-refractivity contribution in [2.45, 2.75) is 90.6 Å². The maximum Gasteiger partial charge on any atom is 0.280 e. The Labute approximate surface area is 296 Å². The summed E-state index contributed by atoms with van der Waals surface area (Å²) in [6.07, 6.45) is 6.54. The molecule has 0 saturated carbocycles. The third kappa shape index (κ3) is 7.52. The maximum absolute atomic E-state index is 14.1. The number of imide groups is 1. The number of nitrogens with zero attached hydrogens (tertiary/aromatic N) is 5. The molecule has 2 aromatic carbocycles. The molecule has 50 heavy (non-hydrogen) atoms. The van der Waals surface area contributed by atoms with Gasteiger partial charge in [-0.3, -0.25) is 19.2 Å². The number of aryl methyl sites for hydroxylation is 2. The third-order valence-electron chi connectivity index (χ3n) is 11.7. The van der Waals surface area contributed by atoms with Crippen molar-refractivity contribution in [3.8, 4) is 0 Å². The number of aldehydes is 1. The monoisotopic (exact) mass is 687 g/mol. The lowest BCUT2D eigenvalue weighted by Crippen LogP contribution is -2.55. The van der Waals surface area contributed by atoms with Gasteiger partial charge in [0.05, 0.1) is 11.3 Å². The summed E-state index contributed by atoms with van der Waals surface area (Å²) < 4.78 is 14.1. The van der Waals surface area contributed by atoms with Crippen LogP contribution in [-0.4, -0.2) is 109 Å². The number of carbonyl (C=O) groups excluding carboxylic acids is 4. The second-order valence-electron chi connectivity index (χ2n) is 15.7. The molecule has 4 heterocycles. The molecule has 9 nitrogen and oxygen atoms in total. The first-order chi connectivity index (χ1) is 23.9. The minimum atomic E-state index is -1.10. The molecule has 1 atom stereocenters. The lowest BCUT2D eigenvalue weighted by molar-refractivity contribution is -0.169. The molecule has 3 amide bonds. The predicted molar refractivity (Wildman–Crippen MR) is 193 cm³/mol. The quantitative estimate of drug-likeness (QED) is 0.184. The van der Waals surface area contributed by atoms with Gasteiger partial charge in [0.1, 0.15) is 6.04 Å². The number of piperidine rings is 3. The van der Waals surface area contributed by atoms with Crippen molar-refractivity contribution in [1.29, 1.82) is 0 Å². The molecule has 0 radical (unpaired) electrons. The molecule has 4 saturated heterocycles. The number of halogens is 1. The first-order valence-corrected chi connectivity index (χ1v) is 18.6. The molecule has 4 aliphatic heterocycles. The lowest BCUT2D eigenvalue weighted by atomic mass is 9.83. The Bertz CT molecular complexity index is 1590. The number of amides is 3. The smallest absolute Gasteiger partial charge is 0.280 e. The van der Waals surface area contributed by atoms with Gasteiger partial charge in [-0.05, 0) is 119 Å². The number of likely N-dealkylation sites (N-methyl/N-ethyl adjacent to an activating group) is 1. The fourth-order valence-corrected chi connectivity index (χ4v) is 8.87. The summed E-state index contributed by atoms with van der Waals surface area (Å²) in [7, 11) is 1.43. The summed E-state index contributed by atoms with van der Waals surface area (Å²) in [6, 6.07) is 9.65. The molecule has 0 aromatic heterocycles. The van der Waals surface area contributed by atoms with Crippen LogP contribution in [0.2, 0.25) is 0 Å². The number of carbonyl (C=O) groups is 4. The summed E-state index contributed by atoms with van der Waals surface area (Å²) >= 11 is 0. The second-order valence-corrected chi connectivity index (χ2v) is 15.7. The molecule has 0 aliphatic carbocycles. The van der Waals surface area contributed by atoms with Gasteiger partial charge in [-0.25, -0.2) is 0 Å². The van der Waals surface area contributed by atoms with Gasteiger partial charge in [-0.15, -0.1) is 5.12 Å². The first-order valence-electron chi connectivity index (χ1n) is 18.6. The van der Waals surface area contributed by atoms with Crippen LogP contribution in [0.1, 0.15) is 101 Å². The van der Waals surface area contributed by atoms with Crippen LogP contribution in [0.4, 0.5) is 10.2 Å². The summed E-state index contributed by atoms with van der Waals surface area (Å²) in [5.41, 5.74) is 7.07. The molecule has 0 spiro atoms. The Morgan fingerprint density at radius 1 is 0.980 bits per heavy atom. The minimum Gasteiger partial charge on any atom is -0.370 e. The van der Waals surface area contributed by atoms with E-state index < -0.39 is 28.9 Å². The summed E-state index contributed by atoms with van der Waals surface area (Å²) in [6.45, 7) is 16.2. The zero-order valence-corrected chi connectivity index (χ0v) is 30.5. The largest absolute Gasteiger partial charge is 0.370 e. The van der Waals surface area contributed by atoms with Crippen LogP contribution in [0, 0.1) is 25.7 Å². The molecule has 0 bridgehead atoms. The molecule has 0 N–H and O–H groups in total. The van der Waals surface area contributed by atoms with Crippen molar-refractivity contribution in [1.82, 2.24) is 19.8 Å². The van der Waals surface area contributed by atoms with Gasteiger partial charge in [0.15, 0.2) is 6.29 Å².